The normalized spacial score (nSPS) is 20.8. The molecule has 0 fully saturated rings. The summed E-state index contributed by atoms with van der Waals surface area (Å²) in [6, 6.07) is 3.72. The molecule has 2 nitrogen and oxygen atoms in total. The van der Waals surface area contributed by atoms with Crippen molar-refractivity contribution in [3.63, 3.8) is 0 Å². The van der Waals surface area contributed by atoms with Crippen molar-refractivity contribution in [1.82, 2.24) is 0 Å². The summed E-state index contributed by atoms with van der Waals surface area (Å²) >= 11 is 0. The number of ether oxygens (including phenoxy) is 1. The topological polar surface area (TPSA) is 26.3 Å². The second kappa shape index (κ2) is 2.80. The molecule has 68 valence electrons. The summed E-state index contributed by atoms with van der Waals surface area (Å²) in [5.41, 5.74) is 0.522. The number of alkyl halides is 1. The van der Waals surface area contributed by atoms with Crippen LogP contribution in [0.5, 0.6) is 5.75 Å². The molecule has 1 aromatic rings. The molecule has 1 aromatic carbocycles. The minimum atomic E-state index is -1.63. The zero-order valence-corrected chi connectivity index (χ0v) is 6.59. The van der Waals surface area contributed by atoms with Crippen molar-refractivity contribution >= 4 is 5.97 Å². The van der Waals surface area contributed by atoms with Gasteiger partial charge in [-0.2, -0.15) is 0 Å². The van der Waals surface area contributed by atoms with Crippen LogP contribution in [-0.2, 0) is 11.2 Å². The Hall–Kier alpha value is -1.45. The molecule has 0 saturated carbocycles. The standard InChI is InChI=1S/C9H6F2O2/c10-6-2-1-5-3-7(11)9(12)13-8(5)4-6/h1-2,4,7H,3H2. The summed E-state index contributed by atoms with van der Waals surface area (Å²) in [4.78, 5) is 10.7. The van der Waals surface area contributed by atoms with Gasteiger partial charge in [-0.15, -0.1) is 0 Å². The molecule has 1 atom stereocenters. The van der Waals surface area contributed by atoms with Crippen LogP contribution in [0.2, 0.25) is 0 Å². The number of benzene rings is 1. The Kier molecular flexibility index (Phi) is 1.76. The minimum absolute atomic E-state index is 0.0333. The first-order valence-corrected chi connectivity index (χ1v) is 3.81. The van der Waals surface area contributed by atoms with Gasteiger partial charge in [0.1, 0.15) is 11.6 Å². The Balaban J connectivity index is 2.42. The summed E-state index contributed by atoms with van der Waals surface area (Å²) in [6.45, 7) is 0. The van der Waals surface area contributed by atoms with Gasteiger partial charge in [-0.05, 0) is 11.6 Å². The number of carbonyl (C=O) groups is 1. The Labute approximate surface area is 73.1 Å². The van der Waals surface area contributed by atoms with Gasteiger partial charge in [-0.1, -0.05) is 6.07 Å². The molecule has 0 aromatic heterocycles. The molecule has 0 radical (unpaired) electrons. The first kappa shape index (κ1) is 8.16. The molecule has 0 spiro atoms. The lowest BCUT2D eigenvalue weighted by Crippen LogP contribution is -2.28. The lowest BCUT2D eigenvalue weighted by molar-refractivity contribution is -0.141. The average molecular weight is 184 g/mol. The predicted octanol–water partition coefficient (Wildman–Crippen LogP) is 1.63. The Morgan fingerprint density at radius 3 is 3.00 bits per heavy atom. The molecule has 1 heterocycles. The van der Waals surface area contributed by atoms with Crippen LogP contribution in [0.15, 0.2) is 18.2 Å². The Morgan fingerprint density at radius 2 is 2.23 bits per heavy atom. The quantitative estimate of drug-likeness (QED) is 0.452. The number of halogens is 2. The summed E-state index contributed by atoms with van der Waals surface area (Å²) in [6.07, 6.45) is -1.66. The largest absolute Gasteiger partial charge is 0.424 e. The van der Waals surface area contributed by atoms with Gasteiger partial charge in [-0.3, -0.25) is 0 Å². The highest BCUT2D eigenvalue weighted by molar-refractivity contribution is 5.79. The molecule has 0 N–H and O–H groups in total. The third kappa shape index (κ3) is 1.39. The summed E-state index contributed by atoms with van der Waals surface area (Å²) in [5.74, 6) is -1.32. The number of fused-ring (bicyclic) bond motifs is 1. The highest BCUT2D eigenvalue weighted by Crippen LogP contribution is 2.26. The van der Waals surface area contributed by atoms with E-state index >= 15 is 0 Å². The van der Waals surface area contributed by atoms with Gasteiger partial charge in [0.15, 0.2) is 0 Å². The van der Waals surface area contributed by atoms with Crippen LogP contribution < -0.4 is 4.74 Å². The highest BCUT2D eigenvalue weighted by atomic mass is 19.1. The second-order valence-electron chi connectivity index (χ2n) is 2.84. The molecule has 1 unspecified atom stereocenters. The number of rotatable bonds is 0. The van der Waals surface area contributed by atoms with Crippen molar-refractivity contribution in [3.05, 3.63) is 29.6 Å². The van der Waals surface area contributed by atoms with Crippen LogP contribution >= 0.6 is 0 Å². The highest BCUT2D eigenvalue weighted by Gasteiger charge is 2.27. The van der Waals surface area contributed by atoms with Crippen LogP contribution in [0.3, 0.4) is 0 Å². The maximum atomic E-state index is 12.8. The summed E-state index contributed by atoms with van der Waals surface area (Å²) in [7, 11) is 0. The molecular weight excluding hydrogens is 178 g/mol. The average Bonchev–Trinajstić information content (AvgIpc) is 2.08. The van der Waals surface area contributed by atoms with Crippen molar-refractivity contribution in [1.29, 1.82) is 0 Å². The fraction of sp³-hybridized carbons (Fsp3) is 0.222. The van der Waals surface area contributed by atoms with Crippen LogP contribution in [0, 0.1) is 5.82 Å². The molecule has 1 aliphatic heterocycles. The van der Waals surface area contributed by atoms with Crippen molar-refractivity contribution < 1.29 is 18.3 Å². The van der Waals surface area contributed by atoms with Crippen molar-refractivity contribution in [2.24, 2.45) is 0 Å². The molecule has 1 aliphatic rings. The van der Waals surface area contributed by atoms with E-state index in [-0.39, 0.29) is 12.2 Å². The van der Waals surface area contributed by atoms with Gasteiger partial charge in [0.25, 0.3) is 0 Å². The maximum Gasteiger partial charge on any atom is 0.346 e. The van der Waals surface area contributed by atoms with E-state index in [4.69, 9.17) is 0 Å². The lowest BCUT2D eigenvalue weighted by atomic mass is 10.1. The number of hydrogen-bond donors (Lipinski definition) is 0. The monoisotopic (exact) mass is 184 g/mol. The lowest BCUT2D eigenvalue weighted by Gasteiger charge is -2.17. The van der Waals surface area contributed by atoms with E-state index in [2.05, 4.69) is 4.74 Å². The van der Waals surface area contributed by atoms with Crippen LogP contribution in [-0.4, -0.2) is 12.1 Å². The Morgan fingerprint density at radius 1 is 1.46 bits per heavy atom. The van der Waals surface area contributed by atoms with E-state index in [0.29, 0.717) is 5.56 Å². The van der Waals surface area contributed by atoms with Crippen LogP contribution in [0.4, 0.5) is 8.78 Å². The predicted molar refractivity (Wildman–Crippen MR) is 40.6 cm³/mol. The summed E-state index contributed by atoms with van der Waals surface area (Å²) in [5, 5.41) is 0. The zero-order chi connectivity index (χ0) is 9.42. The van der Waals surface area contributed by atoms with E-state index in [1.165, 1.54) is 12.1 Å². The number of esters is 1. The molecule has 4 heteroatoms. The van der Waals surface area contributed by atoms with Gasteiger partial charge >= 0.3 is 5.97 Å². The van der Waals surface area contributed by atoms with Crippen molar-refractivity contribution in [2.45, 2.75) is 12.6 Å². The molecule has 0 saturated heterocycles. The molecule has 0 bridgehead atoms. The second-order valence-corrected chi connectivity index (χ2v) is 2.84. The molecule has 2 rings (SSSR count). The third-order valence-electron chi connectivity index (χ3n) is 1.89. The van der Waals surface area contributed by atoms with E-state index in [1.54, 1.807) is 0 Å². The van der Waals surface area contributed by atoms with Gasteiger partial charge in [0.2, 0.25) is 6.17 Å². The van der Waals surface area contributed by atoms with E-state index < -0.39 is 18.0 Å². The number of carbonyl (C=O) groups excluding carboxylic acids is 1. The maximum absolute atomic E-state index is 12.8. The molecule has 0 amide bonds. The first-order valence-electron chi connectivity index (χ1n) is 3.81. The van der Waals surface area contributed by atoms with Crippen molar-refractivity contribution in [2.75, 3.05) is 0 Å². The van der Waals surface area contributed by atoms with Gasteiger partial charge < -0.3 is 4.74 Å². The fourth-order valence-corrected chi connectivity index (χ4v) is 1.24. The molecule has 13 heavy (non-hydrogen) atoms. The SMILES string of the molecule is O=C1Oc2cc(F)ccc2CC1F. The summed E-state index contributed by atoms with van der Waals surface area (Å²) < 4.78 is 30.0. The van der Waals surface area contributed by atoms with Crippen molar-refractivity contribution in [3.8, 4) is 5.75 Å². The van der Waals surface area contributed by atoms with E-state index in [0.717, 1.165) is 6.07 Å². The third-order valence-corrected chi connectivity index (χ3v) is 1.89. The molecule has 0 aliphatic carbocycles. The fourth-order valence-electron chi connectivity index (χ4n) is 1.24. The van der Waals surface area contributed by atoms with Crippen LogP contribution in [0.1, 0.15) is 5.56 Å². The smallest absolute Gasteiger partial charge is 0.346 e. The van der Waals surface area contributed by atoms with Gasteiger partial charge in [0, 0.05) is 12.5 Å². The Bertz CT molecular complexity index is 363. The zero-order valence-electron chi connectivity index (χ0n) is 6.59. The van der Waals surface area contributed by atoms with Gasteiger partial charge in [0.05, 0.1) is 0 Å². The first-order chi connectivity index (χ1) is 6.16. The molecular formula is C9H6F2O2. The van der Waals surface area contributed by atoms with E-state index in [1.807, 2.05) is 0 Å². The van der Waals surface area contributed by atoms with Gasteiger partial charge in [-0.25, -0.2) is 13.6 Å². The minimum Gasteiger partial charge on any atom is -0.424 e. The van der Waals surface area contributed by atoms with Crippen LogP contribution in [0.25, 0.3) is 0 Å². The van der Waals surface area contributed by atoms with E-state index in [9.17, 15) is 13.6 Å². The number of hydrogen-bond acceptors (Lipinski definition) is 2.